The Morgan fingerprint density at radius 2 is 1.86 bits per heavy atom. The Morgan fingerprint density at radius 1 is 1.11 bits per heavy atom. The number of carbonyl (C=O) groups excluding carboxylic acids is 1. The van der Waals surface area contributed by atoms with Crippen LogP contribution in [-0.2, 0) is 19.5 Å². The van der Waals surface area contributed by atoms with Gasteiger partial charge in [-0.1, -0.05) is 5.10 Å². The van der Waals surface area contributed by atoms with Crippen LogP contribution in [0.1, 0.15) is 35.2 Å². The van der Waals surface area contributed by atoms with Crippen molar-refractivity contribution in [2.24, 2.45) is 0 Å². The number of aromatic nitrogens is 2. The quantitative estimate of drug-likeness (QED) is 0.782. The highest BCUT2D eigenvalue weighted by atomic mass is 32.2. The molecular weight excluding hydrogens is 388 g/mol. The molecule has 28 heavy (non-hydrogen) atoms. The molecule has 1 aromatic heterocycles. The number of nitrogens with zero attached hydrogens (tertiary/aromatic N) is 3. The second-order valence-electron chi connectivity index (χ2n) is 6.44. The third-order valence-electron chi connectivity index (χ3n) is 4.59. The molecule has 4 rings (SSSR count). The van der Waals surface area contributed by atoms with Gasteiger partial charge in [-0.2, -0.15) is 4.31 Å². The summed E-state index contributed by atoms with van der Waals surface area (Å²) in [6, 6.07) is 5.68. The highest BCUT2D eigenvalue weighted by Gasteiger charge is 2.27. The zero-order chi connectivity index (χ0) is 19.6. The summed E-state index contributed by atoms with van der Waals surface area (Å²) in [5.41, 5.74) is 0.276. The van der Waals surface area contributed by atoms with Crippen molar-refractivity contribution in [2.75, 3.05) is 38.2 Å². The molecule has 11 heteroatoms. The largest absolute Gasteiger partial charge is 0.405 e. The van der Waals surface area contributed by atoms with Crippen molar-refractivity contribution >= 4 is 21.9 Å². The average Bonchev–Trinajstić information content (AvgIpc) is 3.40. The predicted octanol–water partition coefficient (Wildman–Crippen LogP) is 1.19. The maximum Gasteiger partial charge on any atom is 0.322 e. The van der Waals surface area contributed by atoms with Crippen LogP contribution in [0.25, 0.3) is 0 Å². The van der Waals surface area contributed by atoms with E-state index in [1.807, 2.05) is 0 Å². The first-order valence-electron chi connectivity index (χ1n) is 8.98. The Labute approximate surface area is 161 Å². The minimum Gasteiger partial charge on any atom is -0.405 e. The van der Waals surface area contributed by atoms with E-state index < -0.39 is 15.9 Å². The van der Waals surface area contributed by atoms with Gasteiger partial charge in [-0.15, -0.1) is 5.10 Å². The van der Waals surface area contributed by atoms with E-state index in [0.29, 0.717) is 38.8 Å². The van der Waals surface area contributed by atoms with Crippen molar-refractivity contribution in [3.05, 3.63) is 35.7 Å². The fourth-order valence-corrected chi connectivity index (χ4v) is 4.48. The van der Waals surface area contributed by atoms with Gasteiger partial charge in [0.05, 0.1) is 18.1 Å². The van der Waals surface area contributed by atoms with Crippen LogP contribution in [0, 0.1) is 0 Å². The maximum absolute atomic E-state index is 12.6. The Morgan fingerprint density at radius 3 is 2.54 bits per heavy atom. The molecule has 1 amide bonds. The lowest BCUT2D eigenvalue weighted by molar-refractivity contribution is 0.0730. The number of morpholine rings is 1. The molecule has 2 aliphatic heterocycles. The first-order valence-corrected chi connectivity index (χ1v) is 10.4. The Bertz CT molecular complexity index is 931. The second kappa shape index (κ2) is 7.95. The zero-order valence-electron chi connectivity index (χ0n) is 15.0. The summed E-state index contributed by atoms with van der Waals surface area (Å²) in [4.78, 5) is 12.5. The van der Waals surface area contributed by atoms with Gasteiger partial charge in [0.25, 0.3) is 5.91 Å². The monoisotopic (exact) mass is 408 g/mol. The molecule has 0 aliphatic carbocycles. The van der Waals surface area contributed by atoms with Crippen LogP contribution in [0.3, 0.4) is 0 Å². The molecule has 2 aliphatic rings. The molecule has 0 spiro atoms. The van der Waals surface area contributed by atoms with E-state index >= 15 is 0 Å². The van der Waals surface area contributed by atoms with Crippen LogP contribution in [0.5, 0.6) is 0 Å². The molecule has 1 N–H and O–H groups in total. The fourth-order valence-electron chi connectivity index (χ4n) is 3.07. The summed E-state index contributed by atoms with van der Waals surface area (Å²) in [5.74, 6) is -0.141. The zero-order valence-corrected chi connectivity index (χ0v) is 15.9. The van der Waals surface area contributed by atoms with Crippen molar-refractivity contribution in [3.8, 4) is 0 Å². The van der Waals surface area contributed by atoms with Crippen molar-refractivity contribution in [1.82, 2.24) is 14.5 Å². The number of amides is 1. The van der Waals surface area contributed by atoms with Gasteiger partial charge in [0.15, 0.2) is 0 Å². The molecule has 0 radical (unpaired) electrons. The normalized spacial score (nSPS) is 20.9. The molecule has 1 unspecified atom stereocenters. The Kier molecular flexibility index (Phi) is 5.40. The molecule has 10 nitrogen and oxygen atoms in total. The van der Waals surface area contributed by atoms with E-state index in [9.17, 15) is 13.2 Å². The second-order valence-corrected chi connectivity index (χ2v) is 8.38. The summed E-state index contributed by atoms with van der Waals surface area (Å²) in [5, 5.41) is 10.2. The topological polar surface area (TPSA) is 124 Å². The molecule has 150 valence electrons. The molecule has 0 saturated carbocycles. The van der Waals surface area contributed by atoms with E-state index in [1.165, 1.54) is 28.6 Å². The number of sulfonamides is 1. The summed E-state index contributed by atoms with van der Waals surface area (Å²) < 4.78 is 42.7. The lowest BCUT2D eigenvalue weighted by atomic mass is 10.2. The number of ether oxygens (including phenoxy) is 2. The van der Waals surface area contributed by atoms with Crippen LogP contribution < -0.4 is 5.32 Å². The number of anilines is 1. The molecule has 3 heterocycles. The first kappa shape index (κ1) is 19.0. The highest BCUT2D eigenvalue weighted by molar-refractivity contribution is 7.89. The lowest BCUT2D eigenvalue weighted by Gasteiger charge is -2.26. The van der Waals surface area contributed by atoms with E-state index in [2.05, 4.69) is 15.5 Å². The number of hydrogen-bond donors (Lipinski definition) is 1. The van der Waals surface area contributed by atoms with Gasteiger partial charge in [0.2, 0.25) is 15.9 Å². The smallest absolute Gasteiger partial charge is 0.322 e. The number of hydrogen-bond acceptors (Lipinski definition) is 8. The molecule has 1 atom stereocenters. The summed E-state index contributed by atoms with van der Waals surface area (Å²) in [6.45, 7) is 2.02. The molecular formula is C17H20N4O6S. The minimum atomic E-state index is -3.60. The van der Waals surface area contributed by atoms with Crippen LogP contribution in [0.4, 0.5) is 6.01 Å². The minimum absolute atomic E-state index is 0.0273. The fraction of sp³-hybridized carbons (Fsp3) is 0.471. The lowest BCUT2D eigenvalue weighted by Crippen LogP contribution is -2.40. The van der Waals surface area contributed by atoms with Crippen LogP contribution >= 0.6 is 0 Å². The van der Waals surface area contributed by atoms with Gasteiger partial charge < -0.3 is 13.9 Å². The number of nitrogens with one attached hydrogen (secondary N) is 1. The maximum atomic E-state index is 12.6. The highest BCUT2D eigenvalue weighted by Crippen LogP contribution is 2.28. The van der Waals surface area contributed by atoms with Crippen LogP contribution in [0.15, 0.2) is 33.6 Å². The molecule has 1 aromatic carbocycles. The van der Waals surface area contributed by atoms with E-state index in [-0.39, 0.29) is 22.6 Å². The SMILES string of the molecule is O=C(Nc1nnc(C2CCCO2)o1)c1ccc(S(=O)(=O)N2CCOCC2)cc1. The third-order valence-corrected chi connectivity index (χ3v) is 6.50. The van der Waals surface area contributed by atoms with Crippen molar-refractivity contribution in [1.29, 1.82) is 0 Å². The average molecular weight is 408 g/mol. The number of carbonyl (C=O) groups is 1. The third kappa shape index (κ3) is 3.92. The summed E-state index contributed by atoms with van der Waals surface area (Å²) >= 11 is 0. The van der Waals surface area contributed by atoms with Crippen molar-refractivity contribution in [2.45, 2.75) is 23.8 Å². The summed E-state index contributed by atoms with van der Waals surface area (Å²) in [7, 11) is -3.60. The van der Waals surface area contributed by atoms with Gasteiger partial charge in [0.1, 0.15) is 6.10 Å². The van der Waals surface area contributed by atoms with Gasteiger partial charge in [0, 0.05) is 25.3 Å². The van der Waals surface area contributed by atoms with E-state index in [1.54, 1.807) is 0 Å². The Balaban J connectivity index is 1.42. The molecule has 2 saturated heterocycles. The number of benzene rings is 1. The standard InChI is InChI=1S/C17H20N4O6S/c22-15(18-17-20-19-16(27-17)14-2-1-9-26-14)12-3-5-13(6-4-12)28(23,24)21-7-10-25-11-8-21/h3-6,14H,1-2,7-11H2,(H,18,20,22). The van der Waals surface area contributed by atoms with Gasteiger partial charge in [-0.3, -0.25) is 10.1 Å². The Hall–Kier alpha value is -2.34. The first-order chi connectivity index (χ1) is 13.5. The molecule has 0 bridgehead atoms. The van der Waals surface area contributed by atoms with Gasteiger partial charge in [-0.05, 0) is 37.1 Å². The molecule has 2 aromatic rings. The van der Waals surface area contributed by atoms with E-state index in [0.717, 1.165) is 12.8 Å². The summed E-state index contributed by atoms with van der Waals surface area (Å²) in [6.07, 6.45) is 1.49. The number of rotatable bonds is 5. The van der Waals surface area contributed by atoms with Crippen LogP contribution in [0.2, 0.25) is 0 Å². The van der Waals surface area contributed by atoms with Crippen molar-refractivity contribution < 1.29 is 27.1 Å². The van der Waals surface area contributed by atoms with E-state index in [4.69, 9.17) is 13.9 Å². The van der Waals surface area contributed by atoms with Crippen LogP contribution in [-0.4, -0.2) is 61.7 Å². The van der Waals surface area contributed by atoms with Gasteiger partial charge >= 0.3 is 6.01 Å². The predicted molar refractivity (Wildman–Crippen MR) is 96.2 cm³/mol. The van der Waals surface area contributed by atoms with Gasteiger partial charge in [-0.25, -0.2) is 8.42 Å². The molecule has 2 fully saturated rings. The van der Waals surface area contributed by atoms with Crippen molar-refractivity contribution in [3.63, 3.8) is 0 Å².